The smallest absolute Gasteiger partial charge is 0.367 e. The monoisotopic (exact) mass is 208 g/mol. The van der Waals surface area contributed by atoms with Crippen LogP contribution in [0.2, 0.25) is 0 Å². The van der Waals surface area contributed by atoms with Gasteiger partial charge in [0.25, 0.3) is 0 Å². The van der Waals surface area contributed by atoms with Crippen molar-refractivity contribution in [2.45, 2.75) is 52.7 Å². The summed E-state index contributed by atoms with van der Waals surface area (Å²) >= 11 is 0. The highest BCUT2D eigenvalue weighted by molar-refractivity contribution is 6.50. The van der Waals surface area contributed by atoms with Crippen molar-refractivity contribution in [2.75, 3.05) is 0 Å². The SMILES string of the molecule is CCC(C)O[Si](O)(O)OC(C)CC. The van der Waals surface area contributed by atoms with E-state index in [0.717, 1.165) is 12.8 Å². The second kappa shape index (κ2) is 5.72. The average molecular weight is 208 g/mol. The van der Waals surface area contributed by atoms with Crippen LogP contribution in [0.15, 0.2) is 0 Å². The normalized spacial score (nSPS) is 17.1. The second-order valence-corrected chi connectivity index (χ2v) is 4.79. The maximum atomic E-state index is 9.37. The van der Waals surface area contributed by atoms with Crippen molar-refractivity contribution in [3.63, 3.8) is 0 Å². The van der Waals surface area contributed by atoms with Crippen LogP contribution in [0, 0.1) is 0 Å². The lowest BCUT2D eigenvalue weighted by Crippen LogP contribution is -2.47. The molecule has 0 fully saturated rings. The molecule has 0 spiro atoms. The molecular weight excluding hydrogens is 188 g/mol. The summed E-state index contributed by atoms with van der Waals surface area (Å²) in [4.78, 5) is 18.7. The molecule has 80 valence electrons. The van der Waals surface area contributed by atoms with Crippen molar-refractivity contribution in [3.8, 4) is 0 Å². The predicted octanol–water partition coefficient (Wildman–Crippen LogP) is 1.04. The van der Waals surface area contributed by atoms with Gasteiger partial charge >= 0.3 is 9.05 Å². The molecule has 13 heavy (non-hydrogen) atoms. The zero-order chi connectivity index (χ0) is 10.5. The molecule has 0 aromatic rings. The van der Waals surface area contributed by atoms with E-state index in [1.54, 1.807) is 13.8 Å². The fraction of sp³-hybridized carbons (Fsp3) is 1.00. The molecule has 2 N–H and O–H groups in total. The Morgan fingerprint density at radius 1 is 1.00 bits per heavy atom. The van der Waals surface area contributed by atoms with Gasteiger partial charge in [-0.2, -0.15) is 0 Å². The zero-order valence-corrected chi connectivity index (χ0v) is 9.78. The molecule has 4 nitrogen and oxygen atoms in total. The van der Waals surface area contributed by atoms with Crippen LogP contribution in [0.3, 0.4) is 0 Å². The van der Waals surface area contributed by atoms with Crippen LogP contribution in [-0.2, 0) is 8.85 Å². The lowest BCUT2D eigenvalue weighted by Gasteiger charge is -2.23. The van der Waals surface area contributed by atoms with Gasteiger partial charge in [-0.25, -0.2) is 0 Å². The molecular formula is C8H20O4Si. The van der Waals surface area contributed by atoms with Gasteiger partial charge in [-0.15, -0.1) is 0 Å². The van der Waals surface area contributed by atoms with E-state index < -0.39 is 9.05 Å². The largest absolute Gasteiger partial charge is 0.674 e. The van der Waals surface area contributed by atoms with Gasteiger partial charge in [-0.3, -0.25) is 0 Å². The first-order valence-electron chi connectivity index (χ1n) is 4.71. The van der Waals surface area contributed by atoms with E-state index in [1.165, 1.54) is 0 Å². The summed E-state index contributed by atoms with van der Waals surface area (Å²) in [5, 5.41) is 0. The minimum Gasteiger partial charge on any atom is -0.367 e. The van der Waals surface area contributed by atoms with Gasteiger partial charge in [0.15, 0.2) is 0 Å². The topological polar surface area (TPSA) is 58.9 Å². The van der Waals surface area contributed by atoms with E-state index in [0.29, 0.717) is 0 Å². The highest BCUT2D eigenvalue weighted by atomic mass is 28.4. The molecule has 5 heteroatoms. The molecule has 0 aliphatic carbocycles. The van der Waals surface area contributed by atoms with Gasteiger partial charge in [0.1, 0.15) is 0 Å². The third-order valence-electron chi connectivity index (χ3n) is 1.86. The van der Waals surface area contributed by atoms with Crippen LogP contribution in [0.5, 0.6) is 0 Å². The van der Waals surface area contributed by atoms with Crippen molar-refractivity contribution in [2.24, 2.45) is 0 Å². The van der Waals surface area contributed by atoms with Crippen molar-refractivity contribution >= 4 is 9.05 Å². The molecule has 0 bridgehead atoms. The minimum atomic E-state index is -3.87. The summed E-state index contributed by atoms with van der Waals surface area (Å²) in [5.41, 5.74) is 0. The zero-order valence-electron chi connectivity index (χ0n) is 8.78. The maximum Gasteiger partial charge on any atom is 0.674 e. The van der Waals surface area contributed by atoms with Gasteiger partial charge in [0.2, 0.25) is 0 Å². The van der Waals surface area contributed by atoms with E-state index in [1.807, 2.05) is 13.8 Å². The molecule has 0 rings (SSSR count). The Kier molecular flexibility index (Phi) is 5.74. The fourth-order valence-electron chi connectivity index (χ4n) is 0.719. The van der Waals surface area contributed by atoms with Gasteiger partial charge in [0, 0.05) is 12.2 Å². The number of hydrogen-bond donors (Lipinski definition) is 2. The van der Waals surface area contributed by atoms with Crippen LogP contribution < -0.4 is 0 Å². The number of hydrogen-bond acceptors (Lipinski definition) is 4. The predicted molar refractivity (Wildman–Crippen MR) is 51.9 cm³/mol. The number of rotatable bonds is 6. The molecule has 2 unspecified atom stereocenters. The lowest BCUT2D eigenvalue weighted by molar-refractivity contribution is -0.0243. The minimum absolute atomic E-state index is 0.175. The van der Waals surface area contributed by atoms with Gasteiger partial charge in [-0.1, -0.05) is 13.8 Å². The summed E-state index contributed by atoms with van der Waals surface area (Å²) in [5.74, 6) is 0. The van der Waals surface area contributed by atoms with Crippen LogP contribution in [0.4, 0.5) is 0 Å². The molecule has 0 saturated carbocycles. The Balaban J connectivity index is 3.92. The summed E-state index contributed by atoms with van der Waals surface area (Å²) < 4.78 is 9.97. The molecule has 0 radical (unpaired) electrons. The highest BCUT2D eigenvalue weighted by Crippen LogP contribution is 2.10. The van der Waals surface area contributed by atoms with Crippen LogP contribution in [0.1, 0.15) is 40.5 Å². The van der Waals surface area contributed by atoms with Gasteiger partial charge in [-0.05, 0) is 26.7 Å². The summed E-state index contributed by atoms with van der Waals surface area (Å²) in [6.07, 6.45) is 1.12. The highest BCUT2D eigenvalue weighted by Gasteiger charge is 2.39. The van der Waals surface area contributed by atoms with E-state index in [4.69, 9.17) is 8.85 Å². The van der Waals surface area contributed by atoms with Crippen molar-refractivity contribution < 1.29 is 18.4 Å². The first kappa shape index (κ1) is 13.1. The Morgan fingerprint density at radius 3 is 1.54 bits per heavy atom. The molecule has 0 aromatic carbocycles. The lowest BCUT2D eigenvalue weighted by atomic mass is 10.3. The van der Waals surface area contributed by atoms with Crippen LogP contribution >= 0.6 is 0 Å². The van der Waals surface area contributed by atoms with Crippen LogP contribution in [0.25, 0.3) is 0 Å². The van der Waals surface area contributed by atoms with Crippen molar-refractivity contribution in [1.29, 1.82) is 0 Å². The molecule has 0 heterocycles. The van der Waals surface area contributed by atoms with Gasteiger partial charge < -0.3 is 18.4 Å². The van der Waals surface area contributed by atoms with E-state index >= 15 is 0 Å². The Hall–Kier alpha value is 0.0569. The molecule has 2 atom stereocenters. The van der Waals surface area contributed by atoms with Crippen LogP contribution in [-0.4, -0.2) is 30.8 Å². The fourth-order valence-corrected chi connectivity index (χ4v) is 2.16. The molecule has 0 aliphatic rings. The Bertz CT molecular complexity index is 126. The summed E-state index contributed by atoms with van der Waals surface area (Å²) in [7, 11) is -3.87. The average Bonchev–Trinajstić information content (AvgIpc) is 2.02. The summed E-state index contributed by atoms with van der Waals surface area (Å²) in [6, 6.07) is 0. The van der Waals surface area contributed by atoms with Crippen molar-refractivity contribution in [1.82, 2.24) is 0 Å². The second-order valence-electron chi connectivity index (χ2n) is 3.22. The maximum absolute atomic E-state index is 9.37. The van der Waals surface area contributed by atoms with E-state index in [-0.39, 0.29) is 12.2 Å². The Morgan fingerprint density at radius 2 is 1.31 bits per heavy atom. The quantitative estimate of drug-likeness (QED) is 0.640. The summed E-state index contributed by atoms with van der Waals surface area (Å²) in [6.45, 7) is 7.40. The third-order valence-corrected chi connectivity index (χ3v) is 3.28. The van der Waals surface area contributed by atoms with E-state index in [9.17, 15) is 9.59 Å². The first-order chi connectivity index (χ1) is 5.91. The Labute approximate surface area is 81.0 Å². The van der Waals surface area contributed by atoms with Crippen molar-refractivity contribution in [3.05, 3.63) is 0 Å². The molecule has 0 aliphatic heterocycles. The van der Waals surface area contributed by atoms with Gasteiger partial charge in [0.05, 0.1) is 0 Å². The molecule has 0 aromatic heterocycles. The molecule has 0 amide bonds. The van der Waals surface area contributed by atoms with E-state index in [2.05, 4.69) is 0 Å². The molecule has 0 saturated heterocycles. The first-order valence-corrected chi connectivity index (χ1v) is 6.42. The standard InChI is InChI=1S/C8H20O4Si/c1-5-7(3)11-13(9,10)12-8(4)6-2/h7-10H,5-6H2,1-4H3. The third kappa shape index (κ3) is 6.17.